The molecule has 1 aromatic rings. The second-order valence-corrected chi connectivity index (χ2v) is 3.24. The van der Waals surface area contributed by atoms with Gasteiger partial charge in [0.25, 0.3) is 0 Å². The van der Waals surface area contributed by atoms with E-state index < -0.39 is 0 Å². The van der Waals surface area contributed by atoms with Crippen molar-refractivity contribution in [3.05, 3.63) is 23.8 Å². The first-order valence-electron chi connectivity index (χ1n) is 4.82. The molecule has 1 atom stereocenters. The van der Waals surface area contributed by atoms with Crippen molar-refractivity contribution >= 4 is 0 Å². The lowest BCUT2D eigenvalue weighted by Gasteiger charge is -2.11. The van der Waals surface area contributed by atoms with Crippen LogP contribution in [0.25, 0.3) is 0 Å². The van der Waals surface area contributed by atoms with E-state index in [1.54, 1.807) is 7.11 Å². The maximum Gasteiger partial charge on any atom is 0.161 e. The fraction of sp³-hybridized carbons (Fsp3) is 0.455. The van der Waals surface area contributed by atoms with Gasteiger partial charge in [-0.3, -0.25) is 0 Å². The van der Waals surface area contributed by atoms with Crippen LogP contribution in [0.2, 0.25) is 0 Å². The zero-order valence-corrected chi connectivity index (χ0v) is 9.04. The Morgan fingerprint density at radius 2 is 2.07 bits per heavy atom. The number of hydrogen-bond donors (Lipinski definition) is 1. The molecule has 0 amide bonds. The van der Waals surface area contributed by atoms with Crippen molar-refractivity contribution in [2.75, 3.05) is 13.7 Å². The van der Waals surface area contributed by atoms with E-state index in [9.17, 15) is 0 Å². The molecular formula is C11H18NO2+. The molecule has 0 aliphatic carbocycles. The molecule has 0 aromatic heterocycles. The SMILES string of the molecule is CCOc1cc(C(C)[NH3+])ccc1OC. The van der Waals surface area contributed by atoms with E-state index in [-0.39, 0.29) is 6.04 Å². The number of hydrogen-bond acceptors (Lipinski definition) is 2. The summed E-state index contributed by atoms with van der Waals surface area (Å²) in [5, 5.41) is 0. The molecule has 1 rings (SSSR count). The average Bonchev–Trinajstić information content (AvgIpc) is 2.18. The van der Waals surface area contributed by atoms with Gasteiger partial charge in [0.1, 0.15) is 6.04 Å². The topological polar surface area (TPSA) is 46.1 Å². The molecule has 1 unspecified atom stereocenters. The highest BCUT2D eigenvalue weighted by atomic mass is 16.5. The molecule has 78 valence electrons. The van der Waals surface area contributed by atoms with Crippen molar-refractivity contribution in [2.45, 2.75) is 19.9 Å². The van der Waals surface area contributed by atoms with E-state index in [0.717, 1.165) is 17.1 Å². The fourth-order valence-corrected chi connectivity index (χ4v) is 1.27. The van der Waals surface area contributed by atoms with Gasteiger partial charge in [-0.1, -0.05) is 0 Å². The third kappa shape index (κ3) is 2.39. The van der Waals surface area contributed by atoms with Crippen molar-refractivity contribution < 1.29 is 15.2 Å². The normalized spacial score (nSPS) is 12.3. The maximum absolute atomic E-state index is 5.47. The first-order valence-corrected chi connectivity index (χ1v) is 4.82. The molecule has 0 saturated heterocycles. The molecule has 14 heavy (non-hydrogen) atoms. The minimum atomic E-state index is 0.264. The van der Waals surface area contributed by atoms with Crippen LogP contribution in [0.1, 0.15) is 25.5 Å². The van der Waals surface area contributed by atoms with Gasteiger partial charge in [0, 0.05) is 5.56 Å². The van der Waals surface area contributed by atoms with Gasteiger partial charge in [-0.15, -0.1) is 0 Å². The van der Waals surface area contributed by atoms with E-state index in [4.69, 9.17) is 9.47 Å². The molecule has 0 aliphatic heterocycles. The smallest absolute Gasteiger partial charge is 0.161 e. The highest BCUT2D eigenvalue weighted by Crippen LogP contribution is 2.29. The summed E-state index contributed by atoms with van der Waals surface area (Å²) in [6.45, 7) is 4.66. The Morgan fingerprint density at radius 3 is 2.57 bits per heavy atom. The molecule has 0 fully saturated rings. The van der Waals surface area contributed by atoms with Crippen LogP contribution in [0.4, 0.5) is 0 Å². The molecule has 0 spiro atoms. The van der Waals surface area contributed by atoms with Crippen LogP contribution in [-0.2, 0) is 0 Å². The van der Waals surface area contributed by atoms with Crippen LogP contribution in [-0.4, -0.2) is 13.7 Å². The molecule has 0 heterocycles. The van der Waals surface area contributed by atoms with Crippen molar-refractivity contribution in [3.8, 4) is 11.5 Å². The van der Waals surface area contributed by atoms with E-state index in [0.29, 0.717) is 6.61 Å². The molecule has 0 saturated carbocycles. The molecule has 0 radical (unpaired) electrons. The first kappa shape index (κ1) is 10.9. The predicted octanol–water partition coefficient (Wildman–Crippen LogP) is 1.40. The van der Waals surface area contributed by atoms with Gasteiger partial charge in [0.05, 0.1) is 13.7 Å². The van der Waals surface area contributed by atoms with Crippen LogP contribution in [0, 0.1) is 0 Å². The number of ether oxygens (including phenoxy) is 2. The summed E-state index contributed by atoms with van der Waals surface area (Å²) < 4.78 is 10.7. The van der Waals surface area contributed by atoms with Gasteiger partial charge >= 0.3 is 0 Å². The molecule has 3 heteroatoms. The lowest BCUT2D eigenvalue weighted by atomic mass is 10.1. The minimum Gasteiger partial charge on any atom is -0.493 e. The molecule has 3 N–H and O–H groups in total. The second-order valence-electron chi connectivity index (χ2n) is 3.24. The number of methoxy groups -OCH3 is 1. The third-order valence-electron chi connectivity index (χ3n) is 2.06. The number of benzene rings is 1. The summed E-state index contributed by atoms with van der Waals surface area (Å²) in [6, 6.07) is 6.18. The second kappa shape index (κ2) is 4.86. The van der Waals surface area contributed by atoms with Crippen LogP contribution in [0.3, 0.4) is 0 Å². The Balaban J connectivity index is 3.01. The van der Waals surface area contributed by atoms with E-state index in [2.05, 4.69) is 12.7 Å². The Labute approximate surface area is 84.8 Å². The third-order valence-corrected chi connectivity index (χ3v) is 2.06. The number of quaternary nitrogens is 1. The maximum atomic E-state index is 5.47. The summed E-state index contributed by atoms with van der Waals surface area (Å²) in [6.07, 6.45) is 0. The molecular weight excluding hydrogens is 178 g/mol. The van der Waals surface area contributed by atoms with E-state index >= 15 is 0 Å². The average molecular weight is 196 g/mol. The highest BCUT2D eigenvalue weighted by Gasteiger charge is 2.08. The summed E-state index contributed by atoms with van der Waals surface area (Å²) >= 11 is 0. The van der Waals surface area contributed by atoms with Crippen molar-refractivity contribution in [1.82, 2.24) is 0 Å². The summed E-state index contributed by atoms with van der Waals surface area (Å²) in [4.78, 5) is 0. The van der Waals surface area contributed by atoms with Crippen molar-refractivity contribution in [1.29, 1.82) is 0 Å². The van der Waals surface area contributed by atoms with E-state index in [1.807, 2.05) is 25.1 Å². The largest absolute Gasteiger partial charge is 0.493 e. The van der Waals surface area contributed by atoms with Gasteiger partial charge in [-0.2, -0.15) is 0 Å². The molecule has 1 aromatic carbocycles. The van der Waals surface area contributed by atoms with Gasteiger partial charge in [0.2, 0.25) is 0 Å². The van der Waals surface area contributed by atoms with Crippen LogP contribution in [0.15, 0.2) is 18.2 Å². The van der Waals surface area contributed by atoms with Crippen LogP contribution in [0.5, 0.6) is 11.5 Å². The monoisotopic (exact) mass is 196 g/mol. The standard InChI is InChI=1S/C11H17NO2/c1-4-14-11-7-9(8(2)12)5-6-10(11)13-3/h5-8H,4,12H2,1-3H3/p+1. The van der Waals surface area contributed by atoms with Gasteiger partial charge in [0.15, 0.2) is 11.5 Å². The summed E-state index contributed by atoms with van der Waals surface area (Å²) in [7, 11) is 1.64. The Morgan fingerprint density at radius 1 is 1.36 bits per heavy atom. The zero-order valence-electron chi connectivity index (χ0n) is 9.04. The first-order chi connectivity index (χ1) is 6.69. The van der Waals surface area contributed by atoms with Gasteiger partial charge in [-0.25, -0.2) is 0 Å². The van der Waals surface area contributed by atoms with Crippen molar-refractivity contribution in [2.24, 2.45) is 0 Å². The van der Waals surface area contributed by atoms with Gasteiger partial charge in [-0.05, 0) is 32.0 Å². The Hall–Kier alpha value is -1.22. The Bertz CT molecular complexity index is 297. The quantitative estimate of drug-likeness (QED) is 0.791. The minimum absolute atomic E-state index is 0.264. The summed E-state index contributed by atoms with van der Waals surface area (Å²) in [5.74, 6) is 1.57. The highest BCUT2D eigenvalue weighted by molar-refractivity contribution is 5.43. The fourth-order valence-electron chi connectivity index (χ4n) is 1.27. The Kier molecular flexibility index (Phi) is 3.77. The summed E-state index contributed by atoms with van der Waals surface area (Å²) in [5.41, 5.74) is 5.13. The number of rotatable bonds is 4. The van der Waals surface area contributed by atoms with Crippen LogP contribution >= 0.6 is 0 Å². The molecule has 3 nitrogen and oxygen atoms in total. The zero-order chi connectivity index (χ0) is 10.6. The molecule has 0 bridgehead atoms. The van der Waals surface area contributed by atoms with Gasteiger partial charge < -0.3 is 15.2 Å². The predicted molar refractivity (Wildman–Crippen MR) is 55.5 cm³/mol. The van der Waals surface area contributed by atoms with Crippen LogP contribution < -0.4 is 15.2 Å². The lowest BCUT2D eigenvalue weighted by Crippen LogP contribution is -2.51. The molecule has 0 aliphatic rings. The van der Waals surface area contributed by atoms with Crippen molar-refractivity contribution in [3.63, 3.8) is 0 Å². The lowest BCUT2D eigenvalue weighted by molar-refractivity contribution is -0.420. The van der Waals surface area contributed by atoms with E-state index in [1.165, 1.54) is 0 Å².